The van der Waals surface area contributed by atoms with Gasteiger partial charge in [0.05, 0.1) is 0 Å². The topological polar surface area (TPSA) is 0 Å². The van der Waals surface area contributed by atoms with Crippen molar-refractivity contribution in [3.05, 3.63) is 35.9 Å². The summed E-state index contributed by atoms with van der Waals surface area (Å²) in [5, 5.41) is 0. The second kappa shape index (κ2) is 19.3. The van der Waals surface area contributed by atoms with E-state index in [4.69, 9.17) is 0 Å². The van der Waals surface area contributed by atoms with Gasteiger partial charge in [0.25, 0.3) is 0 Å². The van der Waals surface area contributed by atoms with Gasteiger partial charge >= 0.3 is 23.1 Å². The Hall–Kier alpha value is 0.276. The molecule has 0 radical (unpaired) electrons. The Morgan fingerprint density at radius 2 is 1.23 bits per heavy atom. The van der Waals surface area contributed by atoms with Crippen molar-refractivity contribution in [2.75, 3.05) is 0 Å². The van der Waals surface area contributed by atoms with Gasteiger partial charge in [0.1, 0.15) is 0 Å². The van der Waals surface area contributed by atoms with Gasteiger partial charge in [0.15, 0.2) is 0 Å². The number of hydrogen-bond acceptors (Lipinski definition) is 0. The Bertz CT molecular complexity index is 300. The van der Waals surface area contributed by atoms with Crippen molar-refractivity contribution < 1.29 is 12.4 Å². The van der Waals surface area contributed by atoms with Gasteiger partial charge in [-0.1, -0.05) is 90.4 Å². The van der Waals surface area contributed by atoms with E-state index in [0.717, 1.165) is 0 Å². The zero-order valence-electron chi connectivity index (χ0n) is 14.6. The average Bonchev–Trinajstić information content (AvgIpc) is 2.49. The number of benzene rings is 1. The molecule has 0 atom stereocenters. The molecule has 0 saturated heterocycles. The molecule has 0 aliphatic carbocycles. The number of unbranched alkanes of at least 4 members (excludes halogenated alkanes) is 11. The quantitative estimate of drug-likeness (QED) is 0.295. The predicted molar refractivity (Wildman–Crippen MR) is 95.8 cm³/mol. The molecule has 0 aliphatic rings. The van der Waals surface area contributed by atoms with Gasteiger partial charge in [-0.3, -0.25) is 0 Å². The van der Waals surface area contributed by atoms with Crippen LogP contribution in [0.2, 0.25) is 0 Å². The first kappa shape index (κ1) is 24.5. The summed E-state index contributed by atoms with van der Waals surface area (Å²) in [7, 11) is 0. The molecule has 0 N–H and O–H groups in total. The molecule has 0 bridgehead atoms. The SMILES string of the molecule is CCCCCCCCCCCCCCc1[c-]cccc1.[Cl-].[Mg+2]. The van der Waals surface area contributed by atoms with Gasteiger partial charge in [-0.15, -0.1) is 0 Å². The van der Waals surface area contributed by atoms with Gasteiger partial charge in [0.2, 0.25) is 0 Å². The monoisotopic (exact) mass is 332 g/mol. The second-order valence-corrected chi connectivity index (χ2v) is 6.03. The van der Waals surface area contributed by atoms with Crippen molar-refractivity contribution in [3.8, 4) is 0 Å². The van der Waals surface area contributed by atoms with Crippen LogP contribution in [0.3, 0.4) is 0 Å². The number of aryl methyl sites for hydroxylation is 1. The van der Waals surface area contributed by atoms with Crippen molar-refractivity contribution in [1.82, 2.24) is 0 Å². The fourth-order valence-corrected chi connectivity index (χ4v) is 2.74. The molecule has 0 spiro atoms. The van der Waals surface area contributed by atoms with Crippen LogP contribution in [0.25, 0.3) is 0 Å². The normalized spacial score (nSPS) is 9.86. The summed E-state index contributed by atoms with van der Waals surface area (Å²) >= 11 is 0. The maximum atomic E-state index is 3.31. The van der Waals surface area contributed by atoms with Crippen LogP contribution in [0.15, 0.2) is 24.3 Å². The maximum Gasteiger partial charge on any atom is 2.00 e. The Morgan fingerprint density at radius 1 is 0.727 bits per heavy atom. The Kier molecular flexibility index (Phi) is 21.5. The standard InChI is InChI=1S/C20H33.ClH.Mg/c1-2-3-4-5-6-7-8-9-10-11-12-14-17-20-18-15-13-16-19-20;;/h13,15-16,18H,2-12,14,17H2,1H3;1H;/q-1;;+2/p-1. The summed E-state index contributed by atoms with van der Waals surface area (Å²) < 4.78 is 0. The van der Waals surface area contributed by atoms with Crippen LogP contribution in [0, 0.1) is 6.07 Å². The largest absolute Gasteiger partial charge is 2.00 e. The molecule has 0 aromatic heterocycles. The molecule has 1 aromatic rings. The maximum absolute atomic E-state index is 3.31. The molecule has 0 fully saturated rings. The second-order valence-electron chi connectivity index (χ2n) is 6.03. The van der Waals surface area contributed by atoms with Crippen molar-refractivity contribution in [3.63, 3.8) is 0 Å². The first-order valence-corrected chi connectivity index (χ1v) is 8.89. The predicted octanol–water partition coefficient (Wildman–Crippen LogP) is 3.35. The third-order valence-electron chi connectivity index (χ3n) is 4.07. The molecule has 0 aliphatic heterocycles. The molecule has 0 amide bonds. The molecule has 0 nitrogen and oxygen atoms in total. The Morgan fingerprint density at radius 3 is 1.68 bits per heavy atom. The molecular formula is C20H33ClMg. The van der Waals surface area contributed by atoms with Gasteiger partial charge in [-0.05, 0) is 0 Å². The van der Waals surface area contributed by atoms with Gasteiger partial charge in [-0.2, -0.15) is 35.9 Å². The number of hydrogen-bond donors (Lipinski definition) is 0. The van der Waals surface area contributed by atoms with E-state index in [2.05, 4.69) is 25.1 Å². The van der Waals surface area contributed by atoms with Crippen molar-refractivity contribution in [1.29, 1.82) is 0 Å². The van der Waals surface area contributed by atoms with E-state index in [1.165, 1.54) is 89.0 Å². The summed E-state index contributed by atoms with van der Waals surface area (Å²) in [6.07, 6.45) is 18.3. The third-order valence-corrected chi connectivity index (χ3v) is 4.07. The summed E-state index contributed by atoms with van der Waals surface area (Å²) in [5.41, 5.74) is 1.37. The fraction of sp³-hybridized carbons (Fsp3) is 0.700. The summed E-state index contributed by atoms with van der Waals surface area (Å²) in [5.74, 6) is 0. The van der Waals surface area contributed by atoms with Crippen LogP contribution < -0.4 is 12.4 Å². The molecule has 2 heteroatoms. The van der Waals surface area contributed by atoms with Crippen molar-refractivity contribution in [2.45, 2.75) is 90.4 Å². The first-order valence-electron chi connectivity index (χ1n) is 8.89. The minimum atomic E-state index is 0. The fourth-order valence-electron chi connectivity index (χ4n) is 2.74. The molecule has 122 valence electrons. The zero-order chi connectivity index (χ0) is 14.3. The van der Waals surface area contributed by atoms with Crippen LogP contribution in [0.5, 0.6) is 0 Å². The van der Waals surface area contributed by atoms with Crippen LogP contribution in [-0.2, 0) is 6.42 Å². The average molecular weight is 333 g/mol. The van der Waals surface area contributed by atoms with E-state index in [1.807, 2.05) is 12.1 Å². The minimum absolute atomic E-state index is 0. The zero-order valence-corrected chi connectivity index (χ0v) is 16.8. The van der Waals surface area contributed by atoms with E-state index >= 15 is 0 Å². The van der Waals surface area contributed by atoms with Crippen LogP contribution >= 0.6 is 0 Å². The van der Waals surface area contributed by atoms with Crippen molar-refractivity contribution >= 4 is 23.1 Å². The van der Waals surface area contributed by atoms with Crippen LogP contribution in [0.4, 0.5) is 0 Å². The Balaban J connectivity index is 0. The molecule has 1 rings (SSSR count). The summed E-state index contributed by atoms with van der Waals surface area (Å²) in [6.45, 7) is 2.29. The smallest absolute Gasteiger partial charge is 1.00 e. The molecule has 22 heavy (non-hydrogen) atoms. The number of halogens is 1. The van der Waals surface area contributed by atoms with Gasteiger partial charge in [-0.25, -0.2) is 0 Å². The van der Waals surface area contributed by atoms with Crippen LogP contribution in [-0.4, -0.2) is 23.1 Å². The molecule has 0 saturated carbocycles. The molecule has 0 unspecified atom stereocenters. The van der Waals surface area contributed by atoms with Crippen molar-refractivity contribution in [2.24, 2.45) is 0 Å². The first-order chi connectivity index (χ1) is 9.93. The molecule has 1 aromatic carbocycles. The van der Waals surface area contributed by atoms with Gasteiger partial charge < -0.3 is 12.4 Å². The van der Waals surface area contributed by atoms with E-state index in [9.17, 15) is 0 Å². The Labute approximate surface area is 161 Å². The summed E-state index contributed by atoms with van der Waals surface area (Å²) in [4.78, 5) is 0. The molecule has 0 heterocycles. The van der Waals surface area contributed by atoms with Gasteiger partial charge in [0, 0.05) is 0 Å². The van der Waals surface area contributed by atoms with E-state index in [0.29, 0.717) is 0 Å². The third kappa shape index (κ3) is 15.2. The molecular weight excluding hydrogens is 300 g/mol. The van der Waals surface area contributed by atoms with Crippen LogP contribution in [0.1, 0.15) is 89.5 Å². The summed E-state index contributed by atoms with van der Waals surface area (Å²) in [6, 6.07) is 11.7. The van der Waals surface area contributed by atoms with E-state index < -0.39 is 0 Å². The number of rotatable bonds is 13. The minimum Gasteiger partial charge on any atom is -1.00 e. The van der Waals surface area contributed by atoms with E-state index in [1.54, 1.807) is 0 Å². The van der Waals surface area contributed by atoms with E-state index in [-0.39, 0.29) is 35.5 Å².